The van der Waals surface area contributed by atoms with Crippen LogP contribution in [0.5, 0.6) is 0 Å². The number of rotatable bonds is 3. The number of hydrogen-bond acceptors (Lipinski definition) is 3. The van der Waals surface area contributed by atoms with Gasteiger partial charge in [0.2, 0.25) is 0 Å². The van der Waals surface area contributed by atoms with Crippen molar-refractivity contribution >= 4 is 15.7 Å². The predicted molar refractivity (Wildman–Crippen MR) is 82.4 cm³/mol. The summed E-state index contributed by atoms with van der Waals surface area (Å²) in [6.45, 7) is 1.66. The van der Waals surface area contributed by atoms with Gasteiger partial charge in [0, 0.05) is 5.56 Å². The van der Waals surface area contributed by atoms with Crippen molar-refractivity contribution in [1.29, 1.82) is 0 Å². The Morgan fingerprint density at radius 2 is 1.86 bits per heavy atom. The monoisotopic (exact) mass is 301 g/mol. The summed E-state index contributed by atoms with van der Waals surface area (Å²) in [5, 5.41) is 8.67. The highest BCUT2D eigenvalue weighted by Gasteiger charge is 2.13. The first kappa shape index (κ1) is 15.1. The Morgan fingerprint density at radius 3 is 2.52 bits per heavy atom. The summed E-state index contributed by atoms with van der Waals surface area (Å²) in [5.41, 5.74) is 2.06. The van der Waals surface area contributed by atoms with Crippen LogP contribution in [0, 0.1) is 18.8 Å². The van der Waals surface area contributed by atoms with Crippen molar-refractivity contribution in [3.8, 4) is 11.8 Å². The average molecular weight is 301 g/mol. The van der Waals surface area contributed by atoms with Crippen LogP contribution < -0.4 is 4.72 Å². The van der Waals surface area contributed by atoms with Crippen molar-refractivity contribution in [3.63, 3.8) is 0 Å². The van der Waals surface area contributed by atoms with Gasteiger partial charge in [0.1, 0.15) is 6.61 Å². The van der Waals surface area contributed by atoms with Crippen LogP contribution in [-0.2, 0) is 10.0 Å². The fourth-order valence-electron chi connectivity index (χ4n) is 1.73. The number of nitrogens with one attached hydrogen (secondary N) is 1. The molecule has 2 N–H and O–H groups in total. The summed E-state index contributed by atoms with van der Waals surface area (Å²) in [5.74, 6) is 5.25. The summed E-state index contributed by atoms with van der Waals surface area (Å²) >= 11 is 0. The van der Waals surface area contributed by atoms with E-state index in [0.29, 0.717) is 11.3 Å². The first-order valence-corrected chi connectivity index (χ1v) is 7.79. The molecule has 0 spiro atoms. The van der Waals surface area contributed by atoms with Gasteiger partial charge in [-0.25, -0.2) is 8.42 Å². The molecule has 0 amide bonds. The quantitative estimate of drug-likeness (QED) is 0.854. The molecule has 0 radical (unpaired) electrons. The number of hydrogen-bond donors (Lipinski definition) is 2. The van der Waals surface area contributed by atoms with Crippen molar-refractivity contribution in [2.24, 2.45) is 0 Å². The zero-order valence-electron chi connectivity index (χ0n) is 11.5. The van der Waals surface area contributed by atoms with Gasteiger partial charge in [0.05, 0.1) is 10.6 Å². The predicted octanol–water partition coefficient (Wildman–Crippen LogP) is 2.14. The molecule has 2 rings (SSSR count). The largest absolute Gasteiger partial charge is 0.384 e. The Labute approximate surface area is 124 Å². The summed E-state index contributed by atoms with van der Waals surface area (Å²) in [7, 11) is -3.61. The minimum absolute atomic E-state index is 0.208. The lowest BCUT2D eigenvalue weighted by Crippen LogP contribution is -2.12. The molecule has 4 nitrogen and oxygen atoms in total. The van der Waals surface area contributed by atoms with Crippen LogP contribution >= 0.6 is 0 Å². The summed E-state index contributed by atoms with van der Waals surface area (Å²) in [6.07, 6.45) is 0. The molecule has 2 aromatic rings. The van der Waals surface area contributed by atoms with E-state index >= 15 is 0 Å². The topological polar surface area (TPSA) is 66.4 Å². The molecule has 0 aliphatic carbocycles. The molecule has 0 aliphatic heterocycles. The molecule has 0 aromatic heterocycles. The van der Waals surface area contributed by atoms with Gasteiger partial charge >= 0.3 is 0 Å². The molecule has 0 unspecified atom stereocenters. The molecular formula is C16H15NO3S. The summed E-state index contributed by atoms with van der Waals surface area (Å²) in [6, 6.07) is 13.3. The smallest absolute Gasteiger partial charge is 0.261 e. The van der Waals surface area contributed by atoms with E-state index in [4.69, 9.17) is 5.11 Å². The third-order valence-corrected chi connectivity index (χ3v) is 4.16. The van der Waals surface area contributed by atoms with Crippen LogP contribution in [0.15, 0.2) is 53.4 Å². The Bertz CT molecular complexity index is 784. The van der Waals surface area contributed by atoms with Gasteiger partial charge in [-0.2, -0.15) is 0 Å². The van der Waals surface area contributed by atoms with E-state index in [-0.39, 0.29) is 11.5 Å². The minimum Gasteiger partial charge on any atom is -0.384 e. The van der Waals surface area contributed by atoms with Crippen LogP contribution in [0.25, 0.3) is 0 Å². The highest BCUT2D eigenvalue weighted by atomic mass is 32.2. The van der Waals surface area contributed by atoms with Gasteiger partial charge in [-0.1, -0.05) is 35.6 Å². The number of benzene rings is 2. The first-order chi connectivity index (χ1) is 10.0. The molecule has 21 heavy (non-hydrogen) atoms. The van der Waals surface area contributed by atoms with Crippen LogP contribution in [0.2, 0.25) is 0 Å². The van der Waals surface area contributed by atoms with E-state index in [2.05, 4.69) is 16.6 Å². The second kappa shape index (κ2) is 6.44. The van der Waals surface area contributed by atoms with Crippen LogP contribution in [0.1, 0.15) is 11.1 Å². The third kappa shape index (κ3) is 4.09. The van der Waals surface area contributed by atoms with E-state index in [1.54, 1.807) is 48.5 Å². The standard InChI is InChI=1S/C16H15NO3S/c1-13-7-9-16(10-8-13)21(19,20)17-15-6-2-4-14(12-15)5-3-11-18/h2,4,6-10,12,17-18H,11H2,1H3. The van der Waals surface area contributed by atoms with Crippen molar-refractivity contribution in [3.05, 3.63) is 59.7 Å². The molecular weight excluding hydrogens is 286 g/mol. The fraction of sp³-hybridized carbons (Fsp3) is 0.125. The number of sulfonamides is 1. The fourth-order valence-corrected chi connectivity index (χ4v) is 2.78. The van der Waals surface area contributed by atoms with Crippen molar-refractivity contribution in [1.82, 2.24) is 0 Å². The van der Waals surface area contributed by atoms with E-state index in [9.17, 15) is 8.42 Å². The molecule has 2 aromatic carbocycles. The van der Waals surface area contributed by atoms with Crippen LogP contribution in [0.3, 0.4) is 0 Å². The van der Waals surface area contributed by atoms with Crippen molar-refractivity contribution < 1.29 is 13.5 Å². The number of anilines is 1. The second-order valence-electron chi connectivity index (χ2n) is 4.46. The maximum atomic E-state index is 12.3. The van der Waals surface area contributed by atoms with E-state index in [1.165, 1.54) is 0 Å². The van der Waals surface area contributed by atoms with Crippen LogP contribution in [0.4, 0.5) is 5.69 Å². The molecule has 0 bridgehead atoms. The molecule has 0 fully saturated rings. The van der Waals surface area contributed by atoms with Gasteiger partial charge in [-0.3, -0.25) is 4.72 Å². The maximum Gasteiger partial charge on any atom is 0.261 e. The van der Waals surface area contributed by atoms with Gasteiger partial charge in [-0.15, -0.1) is 0 Å². The zero-order chi connectivity index (χ0) is 15.3. The summed E-state index contributed by atoms with van der Waals surface area (Å²) in [4.78, 5) is 0.208. The highest BCUT2D eigenvalue weighted by Crippen LogP contribution is 2.17. The van der Waals surface area contributed by atoms with Gasteiger partial charge in [0.25, 0.3) is 10.0 Å². The SMILES string of the molecule is Cc1ccc(S(=O)(=O)Nc2cccc(C#CCO)c2)cc1. The first-order valence-electron chi connectivity index (χ1n) is 6.30. The number of aryl methyl sites for hydroxylation is 1. The number of aliphatic hydroxyl groups excluding tert-OH is 1. The highest BCUT2D eigenvalue weighted by molar-refractivity contribution is 7.92. The lowest BCUT2D eigenvalue weighted by molar-refractivity contribution is 0.350. The molecule has 108 valence electrons. The zero-order valence-corrected chi connectivity index (χ0v) is 12.3. The Morgan fingerprint density at radius 1 is 1.14 bits per heavy atom. The van der Waals surface area contributed by atoms with Crippen molar-refractivity contribution in [2.75, 3.05) is 11.3 Å². The normalized spacial score (nSPS) is 10.6. The minimum atomic E-state index is -3.61. The van der Waals surface area contributed by atoms with Crippen LogP contribution in [-0.4, -0.2) is 20.1 Å². The van der Waals surface area contributed by atoms with Gasteiger partial charge in [0.15, 0.2) is 0 Å². The Balaban J connectivity index is 2.26. The third-order valence-electron chi connectivity index (χ3n) is 2.76. The van der Waals surface area contributed by atoms with E-state index in [1.807, 2.05) is 6.92 Å². The Hall–Kier alpha value is -2.29. The van der Waals surface area contributed by atoms with E-state index in [0.717, 1.165) is 5.56 Å². The number of aliphatic hydroxyl groups is 1. The van der Waals surface area contributed by atoms with Gasteiger partial charge in [-0.05, 0) is 37.3 Å². The summed E-state index contributed by atoms with van der Waals surface area (Å²) < 4.78 is 27.0. The lowest BCUT2D eigenvalue weighted by atomic mass is 10.2. The van der Waals surface area contributed by atoms with Gasteiger partial charge < -0.3 is 5.11 Å². The van der Waals surface area contributed by atoms with E-state index < -0.39 is 10.0 Å². The Kier molecular flexibility index (Phi) is 4.63. The molecule has 5 heteroatoms. The molecule has 0 heterocycles. The average Bonchev–Trinajstić information content (AvgIpc) is 2.45. The molecule has 0 saturated carbocycles. The lowest BCUT2D eigenvalue weighted by Gasteiger charge is -2.08. The molecule has 0 saturated heterocycles. The van der Waals surface area contributed by atoms with Crippen molar-refractivity contribution in [2.45, 2.75) is 11.8 Å². The molecule has 0 aliphatic rings. The second-order valence-corrected chi connectivity index (χ2v) is 6.14. The molecule has 0 atom stereocenters. The maximum absolute atomic E-state index is 12.3.